The molecule has 27 heavy (non-hydrogen) atoms. The van der Waals surface area contributed by atoms with E-state index in [9.17, 15) is 19.5 Å². The second-order valence-corrected chi connectivity index (χ2v) is 5.99. The van der Waals surface area contributed by atoms with Crippen LogP contribution in [0.2, 0.25) is 0 Å². The van der Waals surface area contributed by atoms with E-state index in [1.165, 1.54) is 30.5 Å². The van der Waals surface area contributed by atoms with Gasteiger partial charge in [-0.1, -0.05) is 30.3 Å². The van der Waals surface area contributed by atoms with Crippen molar-refractivity contribution in [1.82, 2.24) is 10.3 Å². The van der Waals surface area contributed by atoms with Crippen molar-refractivity contribution < 1.29 is 24.6 Å². The van der Waals surface area contributed by atoms with Crippen LogP contribution in [0.5, 0.6) is 0 Å². The predicted octanol–water partition coefficient (Wildman–Crippen LogP) is 2.36. The summed E-state index contributed by atoms with van der Waals surface area (Å²) in [6.07, 6.45) is 1.43. The molecule has 0 saturated carbocycles. The van der Waals surface area contributed by atoms with Gasteiger partial charge in [0.05, 0.1) is 16.6 Å². The summed E-state index contributed by atoms with van der Waals surface area (Å²) in [4.78, 5) is 39.1. The highest BCUT2D eigenvalue weighted by atomic mass is 16.4. The minimum atomic E-state index is -1.18. The summed E-state index contributed by atoms with van der Waals surface area (Å²) in [7, 11) is 0. The molecule has 1 aromatic heterocycles. The Morgan fingerprint density at radius 1 is 0.963 bits per heavy atom. The number of carbonyl (C=O) groups is 3. The van der Waals surface area contributed by atoms with Crippen molar-refractivity contribution in [2.45, 2.75) is 12.5 Å². The number of aromatic nitrogens is 1. The van der Waals surface area contributed by atoms with Crippen molar-refractivity contribution in [1.29, 1.82) is 0 Å². The number of carboxylic acid groups (broad SMARTS) is 2. The minimum absolute atomic E-state index is 0.0297. The van der Waals surface area contributed by atoms with Crippen molar-refractivity contribution in [2.75, 3.05) is 0 Å². The summed E-state index contributed by atoms with van der Waals surface area (Å²) in [5.41, 5.74) is 1.71. The largest absolute Gasteiger partial charge is 0.480 e. The van der Waals surface area contributed by atoms with E-state index in [1.807, 2.05) is 24.3 Å². The van der Waals surface area contributed by atoms with Gasteiger partial charge in [0.1, 0.15) is 6.04 Å². The number of nitrogens with zero attached hydrogens (tertiary/aromatic N) is 1. The number of carboxylic acids is 2. The average molecular weight is 364 g/mol. The lowest BCUT2D eigenvalue weighted by Gasteiger charge is -2.15. The van der Waals surface area contributed by atoms with Gasteiger partial charge in [-0.2, -0.15) is 0 Å². The number of benzene rings is 2. The Labute approximate surface area is 154 Å². The summed E-state index contributed by atoms with van der Waals surface area (Å²) in [5.74, 6) is -2.78. The minimum Gasteiger partial charge on any atom is -0.480 e. The molecular weight excluding hydrogens is 348 g/mol. The smallest absolute Gasteiger partial charge is 0.335 e. The molecule has 7 heteroatoms. The Morgan fingerprint density at radius 2 is 1.67 bits per heavy atom. The van der Waals surface area contributed by atoms with Crippen LogP contribution >= 0.6 is 0 Å². The predicted molar refractivity (Wildman–Crippen MR) is 97.7 cm³/mol. The molecule has 1 atom stereocenters. The Balaban J connectivity index is 1.75. The van der Waals surface area contributed by atoms with Gasteiger partial charge in [0.25, 0.3) is 5.91 Å². The summed E-state index contributed by atoms with van der Waals surface area (Å²) < 4.78 is 0. The van der Waals surface area contributed by atoms with Crippen LogP contribution in [0.15, 0.2) is 60.8 Å². The van der Waals surface area contributed by atoms with Crippen LogP contribution in [0.25, 0.3) is 10.9 Å². The molecule has 0 radical (unpaired) electrons. The maximum atomic E-state index is 12.4. The van der Waals surface area contributed by atoms with E-state index >= 15 is 0 Å². The topological polar surface area (TPSA) is 117 Å². The number of nitrogens with one attached hydrogen (secondary N) is 1. The molecule has 0 aliphatic carbocycles. The van der Waals surface area contributed by atoms with Gasteiger partial charge in [-0.3, -0.25) is 9.78 Å². The van der Waals surface area contributed by atoms with E-state index in [2.05, 4.69) is 10.3 Å². The zero-order valence-corrected chi connectivity index (χ0v) is 14.1. The van der Waals surface area contributed by atoms with Crippen LogP contribution in [0.3, 0.4) is 0 Å². The standard InChI is InChI=1S/C20H16N2O5/c23-18(15-10-14-3-1-2-4-16(14)21-11-15)22-17(20(26)27)9-12-5-7-13(8-6-12)19(24)25/h1-8,10-11,17H,9H2,(H,22,23)(H,24,25)(H,26,27)/t17-/m0/s1. The molecule has 2 aromatic carbocycles. The van der Waals surface area contributed by atoms with Crippen LogP contribution in [-0.4, -0.2) is 39.1 Å². The highest BCUT2D eigenvalue weighted by molar-refractivity contribution is 5.99. The molecule has 0 aliphatic heterocycles. The molecule has 0 bridgehead atoms. The first-order chi connectivity index (χ1) is 12.9. The van der Waals surface area contributed by atoms with Gasteiger partial charge < -0.3 is 15.5 Å². The number of para-hydroxylation sites is 1. The van der Waals surface area contributed by atoms with Gasteiger partial charge in [-0.05, 0) is 29.8 Å². The van der Waals surface area contributed by atoms with Gasteiger partial charge in [-0.25, -0.2) is 9.59 Å². The molecule has 3 aromatic rings. The van der Waals surface area contributed by atoms with Crippen molar-refractivity contribution in [3.63, 3.8) is 0 Å². The molecule has 1 heterocycles. The van der Waals surface area contributed by atoms with Crippen LogP contribution in [0, 0.1) is 0 Å². The number of pyridine rings is 1. The first kappa shape index (κ1) is 18.1. The van der Waals surface area contributed by atoms with Crippen LogP contribution in [-0.2, 0) is 11.2 Å². The van der Waals surface area contributed by atoms with E-state index in [4.69, 9.17) is 5.11 Å². The zero-order chi connectivity index (χ0) is 19.4. The highest BCUT2D eigenvalue weighted by Gasteiger charge is 2.21. The number of fused-ring (bicyclic) bond motifs is 1. The van der Waals surface area contributed by atoms with Gasteiger partial charge in [0.15, 0.2) is 0 Å². The molecule has 0 spiro atoms. The summed E-state index contributed by atoms with van der Waals surface area (Å²) >= 11 is 0. The third-order valence-electron chi connectivity index (χ3n) is 4.10. The number of hydrogen-bond acceptors (Lipinski definition) is 4. The Kier molecular flexibility index (Phi) is 5.12. The maximum Gasteiger partial charge on any atom is 0.335 e. The van der Waals surface area contributed by atoms with E-state index < -0.39 is 23.9 Å². The summed E-state index contributed by atoms with van der Waals surface area (Å²) in [6, 6.07) is 13.6. The number of aliphatic carboxylic acids is 1. The number of hydrogen-bond donors (Lipinski definition) is 3. The van der Waals surface area contributed by atoms with Gasteiger partial charge >= 0.3 is 11.9 Å². The highest BCUT2D eigenvalue weighted by Crippen LogP contribution is 2.13. The fraction of sp³-hybridized carbons (Fsp3) is 0.100. The number of carbonyl (C=O) groups excluding carboxylic acids is 1. The first-order valence-corrected chi connectivity index (χ1v) is 8.15. The molecule has 0 saturated heterocycles. The fourth-order valence-corrected chi connectivity index (χ4v) is 2.66. The SMILES string of the molecule is O=C(O)c1ccc(C[C@H](NC(=O)c2cnc3ccccc3c2)C(=O)O)cc1. The van der Waals surface area contributed by atoms with Crippen LogP contribution < -0.4 is 5.32 Å². The fourth-order valence-electron chi connectivity index (χ4n) is 2.66. The van der Waals surface area contributed by atoms with Gasteiger partial charge in [0.2, 0.25) is 0 Å². The Bertz CT molecular complexity index is 1010. The molecule has 1 amide bonds. The maximum absolute atomic E-state index is 12.4. The lowest BCUT2D eigenvalue weighted by Crippen LogP contribution is -2.42. The zero-order valence-electron chi connectivity index (χ0n) is 14.1. The second kappa shape index (κ2) is 7.65. The number of aromatic carboxylic acids is 1. The van der Waals surface area contributed by atoms with Crippen molar-refractivity contribution in [2.24, 2.45) is 0 Å². The average Bonchev–Trinajstić information content (AvgIpc) is 2.67. The molecule has 3 N–H and O–H groups in total. The van der Waals surface area contributed by atoms with Crippen LogP contribution in [0.1, 0.15) is 26.3 Å². The quantitative estimate of drug-likeness (QED) is 0.618. The molecule has 7 nitrogen and oxygen atoms in total. The monoisotopic (exact) mass is 364 g/mol. The van der Waals surface area contributed by atoms with Crippen molar-refractivity contribution in [3.05, 3.63) is 77.5 Å². The Morgan fingerprint density at radius 3 is 2.33 bits per heavy atom. The third kappa shape index (κ3) is 4.27. The van der Waals surface area contributed by atoms with E-state index in [1.54, 1.807) is 6.07 Å². The molecule has 136 valence electrons. The second-order valence-electron chi connectivity index (χ2n) is 5.99. The van der Waals surface area contributed by atoms with E-state index in [0.29, 0.717) is 5.56 Å². The third-order valence-corrected chi connectivity index (χ3v) is 4.10. The lowest BCUT2D eigenvalue weighted by molar-refractivity contribution is -0.139. The molecular formula is C20H16N2O5. The molecule has 3 rings (SSSR count). The molecule has 0 fully saturated rings. The van der Waals surface area contributed by atoms with E-state index in [0.717, 1.165) is 10.9 Å². The molecule has 0 aliphatic rings. The summed E-state index contributed by atoms with van der Waals surface area (Å²) in [6.45, 7) is 0. The lowest BCUT2D eigenvalue weighted by atomic mass is 10.0. The number of amides is 1. The van der Waals surface area contributed by atoms with Gasteiger partial charge in [0, 0.05) is 18.0 Å². The molecule has 0 unspecified atom stereocenters. The van der Waals surface area contributed by atoms with Gasteiger partial charge in [-0.15, -0.1) is 0 Å². The summed E-state index contributed by atoms with van der Waals surface area (Å²) in [5, 5.41) is 21.6. The normalized spacial score (nSPS) is 11.7. The van der Waals surface area contributed by atoms with Crippen molar-refractivity contribution >= 4 is 28.7 Å². The number of rotatable bonds is 6. The first-order valence-electron chi connectivity index (χ1n) is 8.15. The Hall–Kier alpha value is -3.74. The van der Waals surface area contributed by atoms with Crippen molar-refractivity contribution in [3.8, 4) is 0 Å². The van der Waals surface area contributed by atoms with E-state index in [-0.39, 0.29) is 17.5 Å². The van der Waals surface area contributed by atoms with Crippen LogP contribution in [0.4, 0.5) is 0 Å².